The van der Waals surface area contributed by atoms with Crippen LogP contribution in [-0.2, 0) is 4.74 Å². The third-order valence-corrected chi connectivity index (χ3v) is 8.69. The van der Waals surface area contributed by atoms with E-state index in [2.05, 4.69) is 20.3 Å². The molecule has 0 bridgehead atoms. The van der Waals surface area contributed by atoms with Gasteiger partial charge in [0, 0.05) is 0 Å². The summed E-state index contributed by atoms with van der Waals surface area (Å²) in [4.78, 5) is 24.6. The zero-order chi connectivity index (χ0) is 28.0. The standard InChI is InChI=1S/C30H27N5O6/c36-11-16-7-9-19(41-16)35-12-31-24-28(35)33-30(34-29(24)40)32-23-22-17-8-6-14-3-1-2-13-4-5-15(21(17)20(13)14)10-18(22)25(37)27(39)26(23)38/h1-6,8,10,12,16,19,23,25-27,36-39H,7,9,11H2,(H2,32,33,34,40)/t16-,19+,23+,25+,26+,27-/m0/s1. The SMILES string of the molecule is O=c1[nH]c(N[C@@H]2c3c(cc4ccc5cccc6ccc3c4c56)[C@@H](O)[C@H](O)[C@@H]2O)nc2c1ncn2[C@H]1CC[C@@H](CO)O1. The second-order valence-electron chi connectivity index (χ2n) is 11.0. The van der Waals surface area contributed by atoms with Gasteiger partial charge in [-0.25, -0.2) is 4.98 Å². The van der Waals surface area contributed by atoms with E-state index >= 15 is 0 Å². The van der Waals surface area contributed by atoms with Gasteiger partial charge in [0.1, 0.15) is 24.5 Å². The molecule has 1 aliphatic carbocycles. The van der Waals surface area contributed by atoms with Crippen LogP contribution in [0, 0.1) is 0 Å². The lowest BCUT2D eigenvalue weighted by Crippen LogP contribution is -2.44. The molecule has 3 heterocycles. The first-order valence-corrected chi connectivity index (χ1v) is 13.7. The maximum absolute atomic E-state index is 13.0. The molecule has 0 spiro atoms. The Hall–Kier alpha value is -4.13. The van der Waals surface area contributed by atoms with Crippen LogP contribution >= 0.6 is 0 Å². The van der Waals surface area contributed by atoms with Gasteiger partial charge in [0.05, 0.1) is 25.1 Å². The Morgan fingerprint density at radius 3 is 2.56 bits per heavy atom. The smallest absolute Gasteiger partial charge is 0.280 e. The Kier molecular flexibility index (Phi) is 5.37. The second-order valence-corrected chi connectivity index (χ2v) is 11.0. The molecule has 4 aromatic carbocycles. The fourth-order valence-electron chi connectivity index (χ4n) is 6.72. The summed E-state index contributed by atoms with van der Waals surface area (Å²) in [6, 6.07) is 15.1. The average molecular weight is 554 g/mol. The zero-order valence-corrected chi connectivity index (χ0v) is 21.7. The number of aromatic amines is 1. The van der Waals surface area contributed by atoms with E-state index in [-0.39, 0.29) is 24.2 Å². The van der Waals surface area contributed by atoms with Gasteiger partial charge < -0.3 is 30.5 Å². The highest BCUT2D eigenvalue weighted by Crippen LogP contribution is 2.46. The number of benzene rings is 4. The second kappa shape index (κ2) is 8.93. The molecule has 208 valence electrons. The van der Waals surface area contributed by atoms with Crippen LogP contribution in [0.25, 0.3) is 43.5 Å². The van der Waals surface area contributed by atoms with Crippen LogP contribution in [0.3, 0.4) is 0 Å². The minimum absolute atomic E-state index is 0.0743. The molecule has 0 radical (unpaired) electrons. The number of imidazole rings is 1. The summed E-state index contributed by atoms with van der Waals surface area (Å²) in [6.07, 6.45) is -2.13. The van der Waals surface area contributed by atoms with Gasteiger partial charge in [0.2, 0.25) is 5.95 Å². The van der Waals surface area contributed by atoms with Crippen LogP contribution in [0.1, 0.15) is 42.3 Å². The fraction of sp³-hybridized carbons (Fsp3) is 0.300. The third-order valence-electron chi connectivity index (χ3n) is 8.69. The molecule has 6 N–H and O–H groups in total. The highest BCUT2D eigenvalue weighted by atomic mass is 16.5. The Balaban J connectivity index is 1.29. The number of nitrogens with zero attached hydrogens (tertiary/aromatic N) is 3. The van der Waals surface area contributed by atoms with Crippen LogP contribution in [0.2, 0.25) is 0 Å². The maximum atomic E-state index is 13.0. The molecular weight excluding hydrogens is 526 g/mol. The number of nitrogens with one attached hydrogen (secondary N) is 2. The highest BCUT2D eigenvalue weighted by Gasteiger charge is 2.42. The van der Waals surface area contributed by atoms with Crippen molar-refractivity contribution >= 4 is 49.4 Å². The first-order chi connectivity index (χ1) is 19.9. The first kappa shape index (κ1) is 24.6. The van der Waals surface area contributed by atoms with Crippen molar-refractivity contribution in [3.63, 3.8) is 0 Å². The normalized spacial score (nSPS) is 26.4. The molecule has 0 saturated carbocycles. The first-order valence-electron chi connectivity index (χ1n) is 13.7. The van der Waals surface area contributed by atoms with Crippen molar-refractivity contribution in [3.8, 4) is 0 Å². The molecular formula is C30H27N5O6. The molecule has 6 aromatic rings. The minimum Gasteiger partial charge on any atom is -0.394 e. The van der Waals surface area contributed by atoms with Crippen molar-refractivity contribution in [3.05, 3.63) is 76.3 Å². The van der Waals surface area contributed by atoms with Crippen LogP contribution in [-0.4, -0.2) is 64.9 Å². The molecule has 1 saturated heterocycles. The van der Waals surface area contributed by atoms with Crippen molar-refractivity contribution in [2.75, 3.05) is 11.9 Å². The van der Waals surface area contributed by atoms with E-state index in [9.17, 15) is 25.2 Å². The van der Waals surface area contributed by atoms with Crippen molar-refractivity contribution in [1.29, 1.82) is 0 Å². The number of aromatic nitrogens is 4. The molecule has 6 atom stereocenters. The van der Waals surface area contributed by atoms with Gasteiger partial charge in [-0.3, -0.25) is 14.3 Å². The van der Waals surface area contributed by atoms with Gasteiger partial charge in [0.15, 0.2) is 11.2 Å². The summed E-state index contributed by atoms with van der Waals surface area (Å²) in [5.74, 6) is 0.0743. The molecule has 41 heavy (non-hydrogen) atoms. The Labute approximate surface area is 232 Å². The van der Waals surface area contributed by atoms with E-state index in [1.807, 2.05) is 48.5 Å². The van der Waals surface area contributed by atoms with E-state index < -0.39 is 36.1 Å². The Morgan fingerprint density at radius 2 is 1.78 bits per heavy atom. The van der Waals surface area contributed by atoms with Gasteiger partial charge in [-0.15, -0.1) is 0 Å². The number of aliphatic hydroxyl groups excluding tert-OH is 4. The number of aliphatic hydroxyl groups is 4. The van der Waals surface area contributed by atoms with Gasteiger partial charge in [-0.05, 0) is 62.4 Å². The number of ether oxygens (including phenoxy) is 1. The molecule has 1 aliphatic heterocycles. The summed E-state index contributed by atoms with van der Waals surface area (Å²) in [5.41, 5.74) is 1.07. The van der Waals surface area contributed by atoms with Crippen LogP contribution in [0.15, 0.2) is 59.7 Å². The maximum Gasteiger partial charge on any atom is 0.280 e. The molecule has 1 fully saturated rings. The number of hydrogen-bond donors (Lipinski definition) is 6. The summed E-state index contributed by atoms with van der Waals surface area (Å²) in [7, 11) is 0. The van der Waals surface area contributed by atoms with Gasteiger partial charge >= 0.3 is 0 Å². The minimum atomic E-state index is -1.48. The van der Waals surface area contributed by atoms with E-state index in [0.717, 1.165) is 32.3 Å². The van der Waals surface area contributed by atoms with Crippen LogP contribution < -0.4 is 10.9 Å². The molecule has 11 heteroatoms. The predicted octanol–water partition coefficient (Wildman–Crippen LogP) is 2.61. The molecule has 11 nitrogen and oxygen atoms in total. The molecule has 0 amide bonds. The van der Waals surface area contributed by atoms with Gasteiger partial charge in [-0.1, -0.05) is 42.5 Å². The summed E-state index contributed by atoms with van der Waals surface area (Å²) in [5, 5.41) is 51.9. The lowest BCUT2D eigenvalue weighted by atomic mass is 9.77. The van der Waals surface area contributed by atoms with E-state index in [0.29, 0.717) is 29.6 Å². The number of hydrogen-bond acceptors (Lipinski definition) is 9. The average Bonchev–Trinajstić information content (AvgIpc) is 3.64. The molecule has 2 aromatic heterocycles. The Bertz CT molecular complexity index is 2000. The van der Waals surface area contributed by atoms with Crippen LogP contribution in [0.4, 0.5) is 5.95 Å². The summed E-state index contributed by atoms with van der Waals surface area (Å²) in [6.45, 7) is -0.0979. The third kappa shape index (κ3) is 3.54. The largest absolute Gasteiger partial charge is 0.394 e. The van der Waals surface area contributed by atoms with Crippen LogP contribution in [0.5, 0.6) is 0 Å². The van der Waals surface area contributed by atoms with Crippen molar-refractivity contribution in [2.24, 2.45) is 0 Å². The number of anilines is 1. The molecule has 2 aliphatic rings. The molecule has 0 unspecified atom stereocenters. The lowest BCUT2D eigenvalue weighted by Gasteiger charge is -2.38. The van der Waals surface area contributed by atoms with Crippen molar-refractivity contribution in [1.82, 2.24) is 19.5 Å². The van der Waals surface area contributed by atoms with E-state index in [1.165, 1.54) is 6.33 Å². The lowest BCUT2D eigenvalue weighted by molar-refractivity contribution is -0.0767. The zero-order valence-electron chi connectivity index (χ0n) is 21.7. The topological polar surface area (TPSA) is 166 Å². The summed E-state index contributed by atoms with van der Waals surface area (Å²) >= 11 is 0. The number of rotatable bonds is 4. The quantitative estimate of drug-likeness (QED) is 0.180. The van der Waals surface area contributed by atoms with E-state index in [4.69, 9.17) is 4.74 Å². The molecule has 8 rings (SSSR count). The predicted molar refractivity (Wildman–Crippen MR) is 152 cm³/mol. The van der Waals surface area contributed by atoms with Gasteiger partial charge in [0.25, 0.3) is 5.56 Å². The monoisotopic (exact) mass is 553 g/mol. The fourth-order valence-corrected chi connectivity index (χ4v) is 6.72. The Morgan fingerprint density at radius 1 is 1.00 bits per heavy atom. The summed E-state index contributed by atoms with van der Waals surface area (Å²) < 4.78 is 7.56. The number of H-pyrrole nitrogens is 1. The van der Waals surface area contributed by atoms with Crippen molar-refractivity contribution in [2.45, 2.75) is 49.5 Å². The van der Waals surface area contributed by atoms with E-state index in [1.54, 1.807) is 4.57 Å². The highest BCUT2D eigenvalue weighted by molar-refractivity contribution is 6.24. The van der Waals surface area contributed by atoms with Crippen molar-refractivity contribution < 1.29 is 25.2 Å². The number of fused-ring (bicyclic) bond motifs is 3. The van der Waals surface area contributed by atoms with Gasteiger partial charge in [-0.2, -0.15) is 4.98 Å².